The predicted molar refractivity (Wildman–Crippen MR) is 85.7 cm³/mol. The molecule has 2 heterocycles. The maximum Gasteiger partial charge on any atom is 0.317 e. The maximum absolute atomic E-state index is 11.9. The Bertz CT molecular complexity index is 560. The minimum Gasteiger partial charge on any atom is -0.338 e. The van der Waals surface area contributed by atoms with Gasteiger partial charge >= 0.3 is 6.03 Å². The van der Waals surface area contributed by atoms with Crippen molar-refractivity contribution >= 4 is 39.0 Å². The lowest BCUT2D eigenvalue weighted by molar-refractivity contribution is 0.209. The summed E-state index contributed by atoms with van der Waals surface area (Å²) in [6, 6.07) is -0.166. The number of aromatic nitrogens is 1. The van der Waals surface area contributed by atoms with Gasteiger partial charge in [-0.3, -0.25) is 0 Å². The summed E-state index contributed by atoms with van der Waals surface area (Å²) in [6.07, 6.45) is 4.40. The van der Waals surface area contributed by atoms with E-state index in [0.717, 1.165) is 16.5 Å². The standard InChI is InChI=1S/C12H19N3O3S3/c1-21(17,18)10-3-6-15(9-10)11(16)13-4-2-7-19-12-14-5-8-20-12/h5,8,10H,2-4,6-7,9H2,1H3,(H,13,16)/t10-/m1/s1. The third kappa shape index (κ3) is 5.15. The van der Waals surface area contributed by atoms with Gasteiger partial charge in [0.15, 0.2) is 9.84 Å². The summed E-state index contributed by atoms with van der Waals surface area (Å²) < 4.78 is 23.9. The zero-order valence-electron chi connectivity index (χ0n) is 11.8. The number of nitrogens with one attached hydrogen (secondary N) is 1. The molecule has 0 saturated carbocycles. The molecule has 21 heavy (non-hydrogen) atoms. The Labute approximate surface area is 133 Å². The van der Waals surface area contributed by atoms with Crippen molar-refractivity contribution in [2.24, 2.45) is 0 Å². The molecule has 0 radical (unpaired) electrons. The molecule has 1 aromatic heterocycles. The summed E-state index contributed by atoms with van der Waals surface area (Å²) in [5.74, 6) is 0.903. The van der Waals surface area contributed by atoms with Crippen molar-refractivity contribution in [1.29, 1.82) is 0 Å². The van der Waals surface area contributed by atoms with Gasteiger partial charge < -0.3 is 10.2 Å². The molecule has 118 valence electrons. The van der Waals surface area contributed by atoms with Gasteiger partial charge in [-0.25, -0.2) is 18.2 Å². The van der Waals surface area contributed by atoms with Crippen LogP contribution in [0, 0.1) is 0 Å². The molecule has 0 unspecified atom stereocenters. The Hall–Kier alpha value is -0.800. The fraction of sp³-hybridized carbons (Fsp3) is 0.667. The van der Waals surface area contributed by atoms with E-state index in [1.165, 1.54) is 6.26 Å². The number of carbonyl (C=O) groups is 1. The first kappa shape index (κ1) is 16.6. The van der Waals surface area contributed by atoms with Crippen molar-refractivity contribution in [1.82, 2.24) is 15.2 Å². The van der Waals surface area contributed by atoms with Crippen LogP contribution in [-0.2, 0) is 9.84 Å². The fourth-order valence-corrected chi connectivity index (χ4v) is 4.71. The molecule has 1 aliphatic heterocycles. The van der Waals surface area contributed by atoms with Crippen molar-refractivity contribution in [2.75, 3.05) is 31.6 Å². The van der Waals surface area contributed by atoms with Crippen LogP contribution in [0.15, 0.2) is 15.9 Å². The van der Waals surface area contributed by atoms with Crippen LogP contribution in [0.25, 0.3) is 0 Å². The average Bonchev–Trinajstić information content (AvgIpc) is 3.08. The number of nitrogens with zero attached hydrogens (tertiary/aromatic N) is 2. The van der Waals surface area contributed by atoms with Gasteiger partial charge in [0.25, 0.3) is 0 Å². The van der Waals surface area contributed by atoms with Crippen LogP contribution < -0.4 is 5.32 Å². The zero-order chi connectivity index (χ0) is 15.3. The Morgan fingerprint density at radius 3 is 3.05 bits per heavy atom. The van der Waals surface area contributed by atoms with Crippen LogP contribution in [0.3, 0.4) is 0 Å². The monoisotopic (exact) mass is 349 g/mol. The minimum atomic E-state index is -3.05. The predicted octanol–water partition coefficient (Wildman–Crippen LogP) is 1.45. The van der Waals surface area contributed by atoms with E-state index in [-0.39, 0.29) is 6.03 Å². The van der Waals surface area contributed by atoms with Gasteiger partial charge in [-0.2, -0.15) is 0 Å². The zero-order valence-corrected chi connectivity index (χ0v) is 14.3. The van der Waals surface area contributed by atoms with Crippen LogP contribution in [0.4, 0.5) is 4.79 Å². The van der Waals surface area contributed by atoms with Gasteiger partial charge in [-0.15, -0.1) is 11.3 Å². The van der Waals surface area contributed by atoms with Crippen molar-refractivity contribution in [3.63, 3.8) is 0 Å². The summed E-state index contributed by atoms with van der Waals surface area (Å²) in [4.78, 5) is 17.7. The molecule has 0 bridgehead atoms. The molecule has 1 N–H and O–H groups in total. The fourth-order valence-electron chi connectivity index (χ4n) is 2.08. The third-order valence-electron chi connectivity index (χ3n) is 3.27. The lowest BCUT2D eigenvalue weighted by atomic mass is 10.4. The second-order valence-electron chi connectivity index (χ2n) is 4.92. The van der Waals surface area contributed by atoms with Gasteiger partial charge in [0.2, 0.25) is 0 Å². The van der Waals surface area contributed by atoms with E-state index >= 15 is 0 Å². The van der Waals surface area contributed by atoms with Crippen molar-refractivity contribution < 1.29 is 13.2 Å². The lowest BCUT2D eigenvalue weighted by Gasteiger charge is -2.16. The molecule has 1 aromatic rings. The largest absolute Gasteiger partial charge is 0.338 e. The second kappa shape index (κ2) is 7.46. The summed E-state index contributed by atoms with van der Waals surface area (Å²) >= 11 is 3.29. The summed E-state index contributed by atoms with van der Waals surface area (Å²) in [6.45, 7) is 1.41. The van der Waals surface area contributed by atoms with Crippen molar-refractivity contribution in [3.05, 3.63) is 11.6 Å². The molecule has 0 aromatic carbocycles. The highest BCUT2D eigenvalue weighted by molar-refractivity contribution is 8.01. The first-order valence-corrected chi connectivity index (χ1v) is 10.5. The molecule has 9 heteroatoms. The van der Waals surface area contributed by atoms with E-state index in [1.54, 1.807) is 34.2 Å². The second-order valence-corrected chi connectivity index (χ2v) is 9.48. The van der Waals surface area contributed by atoms with E-state index in [9.17, 15) is 13.2 Å². The lowest BCUT2D eigenvalue weighted by Crippen LogP contribution is -2.40. The smallest absolute Gasteiger partial charge is 0.317 e. The highest BCUT2D eigenvalue weighted by Crippen LogP contribution is 2.20. The molecule has 6 nitrogen and oxygen atoms in total. The van der Waals surface area contributed by atoms with Crippen LogP contribution in [0.5, 0.6) is 0 Å². The molecule has 0 spiro atoms. The van der Waals surface area contributed by atoms with Crippen LogP contribution in [-0.4, -0.2) is 61.2 Å². The van der Waals surface area contributed by atoms with Gasteiger partial charge in [0.05, 0.1) is 5.25 Å². The molecule has 1 fully saturated rings. The topological polar surface area (TPSA) is 79.4 Å². The van der Waals surface area contributed by atoms with Gasteiger partial charge in [0.1, 0.15) is 4.34 Å². The van der Waals surface area contributed by atoms with Crippen LogP contribution in [0.2, 0.25) is 0 Å². The number of hydrogen-bond acceptors (Lipinski definition) is 6. The number of thioether (sulfide) groups is 1. The number of likely N-dealkylation sites (tertiary alicyclic amines) is 1. The number of hydrogen-bond donors (Lipinski definition) is 1. The molecular formula is C12H19N3O3S3. The number of rotatable bonds is 6. The van der Waals surface area contributed by atoms with E-state index in [1.807, 2.05) is 5.38 Å². The van der Waals surface area contributed by atoms with Gasteiger partial charge in [0, 0.05) is 43.2 Å². The van der Waals surface area contributed by atoms with Gasteiger partial charge in [-0.05, 0) is 12.8 Å². The molecule has 1 saturated heterocycles. The van der Waals surface area contributed by atoms with Crippen molar-refractivity contribution in [2.45, 2.75) is 22.4 Å². The average molecular weight is 350 g/mol. The highest BCUT2D eigenvalue weighted by atomic mass is 32.2. The van der Waals surface area contributed by atoms with E-state index in [4.69, 9.17) is 0 Å². The molecule has 2 rings (SSSR count). The van der Waals surface area contributed by atoms with Gasteiger partial charge in [-0.1, -0.05) is 11.8 Å². The number of carbonyl (C=O) groups excluding carboxylic acids is 1. The third-order valence-corrected chi connectivity index (χ3v) is 6.92. The number of sulfone groups is 1. The number of amides is 2. The first-order chi connectivity index (χ1) is 9.97. The summed E-state index contributed by atoms with van der Waals surface area (Å²) in [5, 5.41) is 4.37. The summed E-state index contributed by atoms with van der Waals surface area (Å²) in [7, 11) is -3.05. The minimum absolute atomic E-state index is 0.166. The Balaban J connectivity index is 1.62. The maximum atomic E-state index is 11.9. The molecule has 2 amide bonds. The Morgan fingerprint density at radius 1 is 1.62 bits per heavy atom. The Kier molecular flexibility index (Phi) is 5.88. The molecular weight excluding hydrogens is 330 g/mol. The van der Waals surface area contributed by atoms with Crippen LogP contribution >= 0.6 is 23.1 Å². The Morgan fingerprint density at radius 2 is 2.43 bits per heavy atom. The first-order valence-electron chi connectivity index (χ1n) is 6.71. The van der Waals surface area contributed by atoms with Crippen LogP contribution in [0.1, 0.15) is 12.8 Å². The van der Waals surface area contributed by atoms with E-state index in [0.29, 0.717) is 26.1 Å². The molecule has 1 atom stereocenters. The van der Waals surface area contributed by atoms with E-state index in [2.05, 4.69) is 10.3 Å². The molecule has 0 aliphatic carbocycles. The SMILES string of the molecule is CS(=O)(=O)[C@@H]1CCN(C(=O)NCCCSc2nccs2)C1. The molecule has 1 aliphatic rings. The quantitative estimate of drug-likeness (QED) is 0.621. The highest BCUT2D eigenvalue weighted by Gasteiger charge is 2.32. The summed E-state index contributed by atoms with van der Waals surface area (Å²) in [5.41, 5.74) is 0. The number of urea groups is 1. The van der Waals surface area contributed by atoms with E-state index < -0.39 is 15.1 Å². The number of thiazole rings is 1. The van der Waals surface area contributed by atoms with Crippen molar-refractivity contribution in [3.8, 4) is 0 Å². The normalized spacial score (nSPS) is 18.9.